The van der Waals surface area contributed by atoms with Crippen molar-refractivity contribution in [2.75, 3.05) is 38.1 Å². The Kier molecular flexibility index (Phi) is 4.52. The lowest BCUT2D eigenvalue weighted by atomic mass is 10.2. The number of nitrogens with zero attached hydrogens (tertiary/aromatic N) is 3. The van der Waals surface area contributed by atoms with Crippen molar-refractivity contribution in [1.29, 1.82) is 0 Å². The third-order valence-electron chi connectivity index (χ3n) is 3.85. The first-order valence-corrected chi connectivity index (χ1v) is 7.43. The number of piperazine rings is 1. The fraction of sp³-hybridized carbons (Fsp3) is 0.438. The summed E-state index contributed by atoms with van der Waals surface area (Å²) in [5, 5.41) is 3.39. The van der Waals surface area contributed by atoms with Gasteiger partial charge in [-0.2, -0.15) is 0 Å². The summed E-state index contributed by atoms with van der Waals surface area (Å²) in [7, 11) is 2.17. The molecular formula is C16H22N4O. The minimum absolute atomic E-state index is 0.749. The van der Waals surface area contributed by atoms with E-state index in [0.717, 1.165) is 50.8 Å². The van der Waals surface area contributed by atoms with Crippen LogP contribution in [-0.2, 0) is 13.1 Å². The zero-order valence-corrected chi connectivity index (χ0v) is 12.5. The van der Waals surface area contributed by atoms with E-state index in [1.807, 2.05) is 18.3 Å². The number of pyridine rings is 1. The fourth-order valence-corrected chi connectivity index (χ4v) is 2.52. The molecule has 5 heteroatoms. The van der Waals surface area contributed by atoms with Crippen molar-refractivity contribution in [3.8, 4) is 0 Å². The zero-order chi connectivity index (χ0) is 14.5. The molecule has 0 bridgehead atoms. The van der Waals surface area contributed by atoms with Crippen LogP contribution in [0.4, 0.5) is 5.82 Å². The molecule has 0 amide bonds. The van der Waals surface area contributed by atoms with Gasteiger partial charge in [-0.1, -0.05) is 0 Å². The van der Waals surface area contributed by atoms with Gasteiger partial charge < -0.3 is 19.5 Å². The Hall–Kier alpha value is -1.85. The molecule has 5 nitrogen and oxygen atoms in total. The van der Waals surface area contributed by atoms with E-state index in [2.05, 4.69) is 39.3 Å². The first-order chi connectivity index (χ1) is 10.3. The van der Waals surface area contributed by atoms with Crippen LogP contribution in [-0.4, -0.2) is 43.1 Å². The molecule has 2 aromatic rings. The van der Waals surface area contributed by atoms with Gasteiger partial charge in [-0.3, -0.25) is 0 Å². The molecule has 1 saturated heterocycles. The average molecular weight is 286 g/mol. The summed E-state index contributed by atoms with van der Waals surface area (Å²) in [4.78, 5) is 9.22. The Morgan fingerprint density at radius 1 is 1.19 bits per heavy atom. The van der Waals surface area contributed by atoms with Crippen LogP contribution in [0.15, 0.2) is 41.1 Å². The summed E-state index contributed by atoms with van der Waals surface area (Å²) in [6.45, 7) is 5.87. The highest BCUT2D eigenvalue weighted by molar-refractivity contribution is 5.41. The number of rotatable bonds is 5. The molecule has 1 aliphatic heterocycles. The number of aromatic nitrogens is 1. The monoisotopic (exact) mass is 286 g/mol. The maximum atomic E-state index is 5.31. The lowest BCUT2D eigenvalue weighted by Gasteiger charge is -2.33. The lowest BCUT2D eigenvalue weighted by molar-refractivity contribution is 0.312. The molecule has 1 aliphatic rings. The highest BCUT2D eigenvalue weighted by Gasteiger charge is 2.15. The summed E-state index contributed by atoms with van der Waals surface area (Å²) in [6, 6.07) is 8.14. The number of likely N-dealkylation sites (N-methyl/N-ethyl adjacent to an activating group) is 1. The summed E-state index contributed by atoms with van der Waals surface area (Å²) < 4.78 is 5.31. The normalized spacial score (nSPS) is 16.3. The van der Waals surface area contributed by atoms with Gasteiger partial charge in [0.2, 0.25) is 0 Å². The number of anilines is 1. The Labute approximate surface area is 125 Å². The lowest BCUT2D eigenvalue weighted by Crippen LogP contribution is -2.44. The van der Waals surface area contributed by atoms with E-state index >= 15 is 0 Å². The molecule has 0 atom stereocenters. The fourth-order valence-electron chi connectivity index (χ4n) is 2.52. The van der Waals surface area contributed by atoms with E-state index in [1.54, 1.807) is 6.26 Å². The van der Waals surface area contributed by atoms with Crippen LogP contribution in [0.3, 0.4) is 0 Å². The number of furan rings is 1. The predicted octanol–water partition coefficient (Wildman–Crippen LogP) is 1.72. The Balaban J connectivity index is 1.55. The van der Waals surface area contributed by atoms with E-state index in [-0.39, 0.29) is 0 Å². The molecule has 3 rings (SSSR count). The van der Waals surface area contributed by atoms with Crippen molar-refractivity contribution in [2.24, 2.45) is 0 Å². The van der Waals surface area contributed by atoms with E-state index in [9.17, 15) is 0 Å². The van der Waals surface area contributed by atoms with Crippen LogP contribution in [0.25, 0.3) is 0 Å². The molecule has 0 aliphatic carbocycles. The molecule has 0 saturated carbocycles. The van der Waals surface area contributed by atoms with Crippen molar-refractivity contribution in [1.82, 2.24) is 15.2 Å². The van der Waals surface area contributed by atoms with Crippen LogP contribution in [0.2, 0.25) is 0 Å². The Bertz CT molecular complexity index is 547. The van der Waals surface area contributed by atoms with E-state index in [0.29, 0.717) is 0 Å². The first kappa shape index (κ1) is 14.1. The number of nitrogens with one attached hydrogen (secondary N) is 1. The van der Waals surface area contributed by atoms with Gasteiger partial charge in [-0.15, -0.1) is 0 Å². The summed E-state index contributed by atoms with van der Waals surface area (Å²) in [6.07, 6.45) is 3.60. The standard InChI is InChI=1S/C16H22N4O/c1-19-6-8-20(9-7-19)16-11-14(4-5-18-16)12-17-13-15-3-2-10-21-15/h2-5,10-11,17H,6-9,12-13H2,1H3. The number of hydrogen-bond acceptors (Lipinski definition) is 5. The van der Waals surface area contributed by atoms with Gasteiger partial charge in [0.1, 0.15) is 11.6 Å². The molecule has 1 N–H and O–H groups in total. The van der Waals surface area contributed by atoms with Crippen LogP contribution < -0.4 is 10.2 Å². The van der Waals surface area contributed by atoms with Crippen molar-refractivity contribution < 1.29 is 4.42 Å². The highest BCUT2D eigenvalue weighted by atomic mass is 16.3. The van der Waals surface area contributed by atoms with Gasteiger partial charge in [-0.05, 0) is 36.9 Å². The van der Waals surface area contributed by atoms with Crippen LogP contribution >= 0.6 is 0 Å². The van der Waals surface area contributed by atoms with Gasteiger partial charge in [0.25, 0.3) is 0 Å². The van der Waals surface area contributed by atoms with Crippen LogP contribution in [0, 0.1) is 0 Å². The van der Waals surface area contributed by atoms with Crippen molar-refractivity contribution in [3.05, 3.63) is 48.0 Å². The molecule has 112 valence electrons. The van der Waals surface area contributed by atoms with Gasteiger partial charge in [-0.25, -0.2) is 4.98 Å². The summed E-state index contributed by atoms with van der Waals surface area (Å²) in [5.74, 6) is 2.05. The Morgan fingerprint density at radius 3 is 2.81 bits per heavy atom. The molecule has 0 radical (unpaired) electrons. The van der Waals surface area contributed by atoms with E-state index in [4.69, 9.17) is 4.42 Å². The predicted molar refractivity (Wildman–Crippen MR) is 83.2 cm³/mol. The second-order valence-corrected chi connectivity index (χ2v) is 5.50. The van der Waals surface area contributed by atoms with Crippen molar-refractivity contribution >= 4 is 5.82 Å². The van der Waals surface area contributed by atoms with Crippen LogP contribution in [0.1, 0.15) is 11.3 Å². The summed E-state index contributed by atoms with van der Waals surface area (Å²) >= 11 is 0. The van der Waals surface area contributed by atoms with Gasteiger partial charge >= 0.3 is 0 Å². The molecule has 0 aromatic carbocycles. The molecule has 0 unspecified atom stereocenters. The SMILES string of the molecule is CN1CCN(c2cc(CNCc3ccco3)ccn2)CC1. The maximum absolute atomic E-state index is 5.31. The Morgan fingerprint density at radius 2 is 2.05 bits per heavy atom. The zero-order valence-electron chi connectivity index (χ0n) is 12.5. The largest absolute Gasteiger partial charge is 0.468 e. The molecule has 2 aromatic heterocycles. The van der Waals surface area contributed by atoms with E-state index in [1.165, 1.54) is 5.56 Å². The minimum atomic E-state index is 0.749. The maximum Gasteiger partial charge on any atom is 0.128 e. The van der Waals surface area contributed by atoms with Crippen molar-refractivity contribution in [3.63, 3.8) is 0 Å². The molecular weight excluding hydrogens is 264 g/mol. The number of hydrogen-bond donors (Lipinski definition) is 1. The molecule has 3 heterocycles. The second kappa shape index (κ2) is 6.74. The minimum Gasteiger partial charge on any atom is -0.468 e. The van der Waals surface area contributed by atoms with Gasteiger partial charge in [0.05, 0.1) is 12.8 Å². The van der Waals surface area contributed by atoms with Gasteiger partial charge in [0.15, 0.2) is 0 Å². The molecule has 1 fully saturated rings. The third kappa shape index (κ3) is 3.83. The first-order valence-electron chi connectivity index (χ1n) is 7.43. The topological polar surface area (TPSA) is 44.5 Å². The smallest absolute Gasteiger partial charge is 0.128 e. The highest BCUT2D eigenvalue weighted by Crippen LogP contribution is 2.14. The summed E-state index contributed by atoms with van der Waals surface area (Å²) in [5.41, 5.74) is 1.26. The average Bonchev–Trinajstić information content (AvgIpc) is 3.02. The quantitative estimate of drug-likeness (QED) is 0.906. The van der Waals surface area contributed by atoms with E-state index < -0.39 is 0 Å². The van der Waals surface area contributed by atoms with Gasteiger partial charge in [0, 0.05) is 38.9 Å². The van der Waals surface area contributed by atoms with Crippen molar-refractivity contribution in [2.45, 2.75) is 13.1 Å². The molecule has 0 spiro atoms. The van der Waals surface area contributed by atoms with Crippen LogP contribution in [0.5, 0.6) is 0 Å². The second-order valence-electron chi connectivity index (χ2n) is 5.50. The third-order valence-corrected chi connectivity index (χ3v) is 3.85. The molecule has 21 heavy (non-hydrogen) atoms.